The van der Waals surface area contributed by atoms with Gasteiger partial charge < -0.3 is 19.5 Å². The zero-order valence-electron chi connectivity index (χ0n) is 18.6. The van der Waals surface area contributed by atoms with Crippen LogP contribution in [0.5, 0.6) is 5.75 Å². The van der Waals surface area contributed by atoms with E-state index in [1.54, 1.807) is 0 Å². The first-order valence-corrected chi connectivity index (χ1v) is 10.7. The Balaban J connectivity index is 1.29. The van der Waals surface area contributed by atoms with Crippen molar-refractivity contribution in [3.8, 4) is 16.9 Å². The number of carbonyl (C=O) groups is 2. The molecule has 1 amide bonds. The number of hydrogen-bond donors (Lipinski definition) is 1. The summed E-state index contributed by atoms with van der Waals surface area (Å²) in [5.74, 6) is -13.6. The Hall–Kier alpha value is -4.15. The standard InChI is InChI=1S/C25H18F5NO5/c1-12(10-35-25(33)36-23-21(29)19(27)18(26)20(28)22(23)30)31-24(32)34-11-17-15-8-4-2-6-13(15)14-7-3-5-9-16(14)17/h2-9,12,17H,10-11H2,1H3,(H,31,32)/t12-/m0/s1. The van der Waals surface area contributed by atoms with Crippen molar-refractivity contribution in [2.45, 2.75) is 18.9 Å². The average molecular weight is 507 g/mol. The lowest BCUT2D eigenvalue weighted by Gasteiger charge is -2.17. The van der Waals surface area contributed by atoms with Crippen LogP contribution < -0.4 is 10.1 Å². The maximum Gasteiger partial charge on any atom is 0.514 e. The lowest BCUT2D eigenvalue weighted by molar-refractivity contribution is 0.0839. The van der Waals surface area contributed by atoms with E-state index in [9.17, 15) is 31.5 Å². The van der Waals surface area contributed by atoms with E-state index in [2.05, 4.69) is 14.8 Å². The van der Waals surface area contributed by atoms with Crippen LogP contribution in [0, 0.1) is 29.1 Å². The Morgan fingerprint density at radius 2 is 1.31 bits per heavy atom. The van der Waals surface area contributed by atoms with Crippen molar-refractivity contribution in [3.63, 3.8) is 0 Å². The summed E-state index contributed by atoms with van der Waals surface area (Å²) in [7, 11) is 0. The van der Waals surface area contributed by atoms with Crippen molar-refractivity contribution in [3.05, 3.63) is 88.7 Å². The highest BCUT2D eigenvalue weighted by atomic mass is 19.2. The van der Waals surface area contributed by atoms with Crippen LogP contribution in [0.2, 0.25) is 0 Å². The molecule has 1 atom stereocenters. The Morgan fingerprint density at radius 3 is 1.86 bits per heavy atom. The second kappa shape index (κ2) is 10.2. The number of benzene rings is 3. The first-order valence-electron chi connectivity index (χ1n) is 10.7. The predicted molar refractivity (Wildman–Crippen MR) is 116 cm³/mol. The number of carbonyl (C=O) groups excluding carboxylic acids is 2. The normalized spacial score (nSPS) is 12.9. The van der Waals surface area contributed by atoms with Gasteiger partial charge in [0.05, 0.1) is 6.04 Å². The SMILES string of the molecule is C[C@@H](COC(=O)Oc1c(F)c(F)c(F)c(F)c1F)NC(=O)OCC1c2ccccc2-c2ccccc21. The van der Waals surface area contributed by atoms with Gasteiger partial charge in [0.2, 0.25) is 34.8 Å². The molecule has 0 heterocycles. The number of fused-ring (bicyclic) bond motifs is 3. The zero-order chi connectivity index (χ0) is 26.0. The maximum absolute atomic E-state index is 13.6. The van der Waals surface area contributed by atoms with Crippen molar-refractivity contribution in [1.82, 2.24) is 5.32 Å². The molecule has 188 valence electrons. The van der Waals surface area contributed by atoms with Gasteiger partial charge in [-0.05, 0) is 29.2 Å². The summed E-state index contributed by atoms with van der Waals surface area (Å²) in [5.41, 5.74) is 4.13. The van der Waals surface area contributed by atoms with Crippen LogP contribution in [-0.4, -0.2) is 31.5 Å². The van der Waals surface area contributed by atoms with Crippen molar-refractivity contribution in [2.75, 3.05) is 13.2 Å². The van der Waals surface area contributed by atoms with E-state index in [0.717, 1.165) is 22.3 Å². The van der Waals surface area contributed by atoms with Crippen molar-refractivity contribution in [1.29, 1.82) is 0 Å². The van der Waals surface area contributed by atoms with Crippen molar-refractivity contribution < 1.29 is 45.8 Å². The molecular formula is C25H18F5NO5. The van der Waals surface area contributed by atoms with E-state index in [4.69, 9.17) is 4.74 Å². The molecule has 3 aromatic carbocycles. The Labute approximate surface area is 201 Å². The number of halogens is 5. The van der Waals surface area contributed by atoms with Crippen LogP contribution in [0.15, 0.2) is 48.5 Å². The molecule has 0 spiro atoms. The van der Waals surface area contributed by atoms with E-state index < -0.39 is 59.7 Å². The number of nitrogens with one attached hydrogen (secondary N) is 1. The minimum Gasteiger partial charge on any atom is -0.449 e. The van der Waals surface area contributed by atoms with Crippen LogP contribution in [0.1, 0.15) is 24.0 Å². The second-order valence-electron chi connectivity index (χ2n) is 7.93. The van der Waals surface area contributed by atoms with Gasteiger partial charge in [-0.25, -0.2) is 22.8 Å². The summed E-state index contributed by atoms with van der Waals surface area (Å²) in [6.07, 6.45) is -2.56. The molecule has 0 saturated carbocycles. The summed E-state index contributed by atoms with van der Waals surface area (Å²) < 4.78 is 80.8. The van der Waals surface area contributed by atoms with E-state index >= 15 is 0 Å². The molecule has 0 aliphatic heterocycles. The highest BCUT2D eigenvalue weighted by Crippen LogP contribution is 2.44. The molecule has 6 nitrogen and oxygen atoms in total. The number of hydrogen-bond acceptors (Lipinski definition) is 5. The summed E-state index contributed by atoms with van der Waals surface area (Å²) >= 11 is 0. The summed E-state index contributed by atoms with van der Waals surface area (Å²) in [6, 6.07) is 14.7. The van der Waals surface area contributed by atoms with E-state index in [1.807, 2.05) is 48.5 Å². The molecule has 1 aliphatic rings. The number of ether oxygens (including phenoxy) is 3. The third-order valence-corrected chi connectivity index (χ3v) is 5.51. The molecule has 3 aromatic rings. The van der Waals surface area contributed by atoms with Gasteiger partial charge in [-0.15, -0.1) is 0 Å². The Morgan fingerprint density at radius 1 is 0.806 bits per heavy atom. The monoisotopic (exact) mass is 507 g/mol. The fraction of sp³-hybridized carbons (Fsp3) is 0.200. The Bertz CT molecular complexity index is 1260. The molecular weight excluding hydrogens is 489 g/mol. The quantitative estimate of drug-likeness (QED) is 0.150. The first-order chi connectivity index (χ1) is 17.2. The lowest BCUT2D eigenvalue weighted by Crippen LogP contribution is -2.37. The molecule has 0 bridgehead atoms. The molecule has 1 aliphatic carbocycles. The van der Waals surface area contributed by atoms with Gasteiger partial charge in [-0.2, -0.15) is 8.78 Å². The lowest BCUT2D eigenvalue weighted by atomic mass is 9.98. The topological polar surface area (TPSA) is 73.9 Å². The smallest absolute Gasteiger partial charge is 0.449 e. The minimum absolute atomic E-state index is 0.0374. The van der Waals surface area contributed by atoms with E-state index in [0.29, 0.717) is 0 Å². The number of amides is 1. The van der Waals surface area contributed by atoms with Gasteiger partial charge >= 0.3 is 12.2 Å². The molecule has 1 N–H and O–H groups in total. The third kappa shape index (κ3) is 4.81. The van der Waals surface area contributed by atoms with Gasteiger partial charge in [0.25, 0.3) is 0 Å². The molecule has 4 rings (SSSR count). The number of rotatable bonds is 6. The second-order valence-corrected chi connectivity index (χ2v) is 7.93. The summed E-state index contributed by atoms with van der Waals surface area (Å²) in [4.78, 5) is 23.9. The fourth-order valence-corrected chi connectivity index (χ4v) is 3.86. The van der Waals surface area contributed by atoms with Gasteiger partial charge in [0.15, 0.2) is 0 Å². The molecule has 0 aromatic heterocycles. The first kappa shape index (κ1) is 25.0. The van der Waals surface area contributed by atoms with Crippen LogP contribution in [0.4, 0.5) is 31.5 Å². The third-order valence-electron chi connectivity index (χ3n) is 5.51. The molecule has 11 heteroatoms. The van der Waals surface area contributed by atoms with Crippen LogP contribution in [-0.2, 0) is 9.47 Å². The minimum atomic E-state index is -2.40. The maximum atomic E-state index is 13.6. The highest BCUT2D eigenvalue weighted by molar-refractivity contribution is 5.79. The van der Waals surface area contributed by atoms with Gasteiger partial charge in [-0.3, -0.25) is 0 Å². The fourth-order valence-electron chi connectivity index (χ4n) is 3.86. The van der Waals surface area contributed by atoms with Gasteiger partial charge in [0.1, 0.15) is 13.2 Å². The average Bonchev–Trinajstić information content (AvgIpc) is 3.20. The van der Waals surface area contributed by atoms with Crippen LogP contribution >= 0.6 is 0 Å². The van der Waals surface area contributed by atoms with Crippen LogP contribution in [0.25, 0.3) is 11.1 Å². The molecule has 36 heavy (non-hydrogen) atoms. The van der Waals surface area contributed by atoms with Gasteiger partial charge in [-0.1, -0.05) is 48.5 Å². The van der Waals surface area contributed by atoms with E-state index in [-0.39, 0.29) is 12.5 Å². The molecule has 0 radical (unpaired) electrons. The predicted octanol–water partition coefficient (Wildman–Crippen LogP) is 5.82. The van der Waals surface area contributed by atoms with E-state index in [1.165, 1.54) is 6.92 Å². The highest BCUT2D eigenvalue weighted by Gasteiger charge is 2.30. The van der Waals surface area contributed by atoms with Crippen molar-refractivity contribution >= 4 is 12.2 Å². The summed E-state index contributed by atoms with van der Waals surface area (Å²) in [6.45, 7) is 0.918. The molecule has 0 fully saturated rings. The number of alkyl carbamates (subject to hydrolysis) is 1. The Kier molecular flexibility index (Phi) is 7.09. The molecule has 0 unspecified atom stereocenters. The van der Waals surface area contributed by atoms with Crippen molar-refractivity contribution in [2.24, 2.45) is 0 Å². The van der Waals surface area contributed by atoms with Crippen LogP contribution in [0.3, 0.4) is 0 Å². The molecule has 0 saturated heterocycles. The zero-order valence-corrected chi connectivity index (χ0v) is 18.6. The largest absolute Gasteiger partial charge is 0.514 e. The van der Waals surface area contributed by atoms with Gasteiger partial charge in [0, 0.05) is 5.92 Å². The summed E-state index contributed by atoms with van der Waals surface area (Å²) in [5, 5.41) is 2.41.